The van der Waals surface area contributed by atoms with E-state index in [1.165, 1.54) is 17.0 Å². The number of pyridine rings is 1. The molecule has 3 aromatic carbocycles. The molecule has 1 aliphatic heterocycles. The summed E-state index contributed by atoms with van der Waals surface area (Å²) in [7, 11) is 0. The van der Waals surface area contributed by atoms with Gasteiger partial charge in [-0.15, -0.1) is 0 Å². The van der Waals surface area contributed by atoms with Crippen molar-refractivity contribution in [2.75, 3.05) is 0 Å². The second-order valence-corrected chi connectivity index (χ2v) is 7.53. The van der Waals surface area contributed by atoms with Gasteiger partial charge in [0.1, 0.15) is 5.82 Å². The van der Waals surface area contributed by atoms with Crippen molar-refractivity contribution in [2.45, 2.75) is 6.54 Å². The van der Waals surface area contributed by atoms with Crippen molar-refractivity contribution in [3.8, 4) is 11.1 Å². The van der Waals surface area contributed by atoms with Crippen LogP contribution in [-0.4, -0.2) is 21.7 Å². The van der Waals surface area contributed by atoms with Gasteiger partial charge in [0.2, 0.25) is 0 Å². The van der Waals surface area contributed by atoms with Crippen molar-refractivity contribution >= 4 is 34.2 Å². The maximum atomic E-state index is 13.5. The van der Waals surface area contributed by atoms with Crippen LogP contribution in [0.2, 0.25) is 5.02 Å². The highest BCUT2D eigenvalue weighted by atomic mass is 35.5. The lowest BCUT2D eigenvalue weighted by atomic mass is 9.90. The van der Waals surface area contributed by atoms with Crippen molar-refractivity contribution in [3.05, 3.63) is 101 Å². The number of amides is 2. The Kier molecular flexibility index (Phi) is 4.33. The average molecular weight is 417 g/mol. The van der Waals surface area contributed by atoms with Crippen LogP contribution in [0.25, 0.3) is 21.9 Å². The van der Waals surface area contributed by atoms with E-state index < -0.39 is 0 Å². The molecule has 2 amide bonds. The van der Waals surface area contributed by atoms with Crippen LogP contribution >= 0.6 is 11.6 Å². The number of hydrogen-bond donors (Lipinski definition) is 0. The molecule has 1 aromatic heterocycles. The van der Waals surface area contributed by atoms with Crippen molar-refractivity contribution < 1.29 is 14.0 Å². The number of carbonyl (C=O) groups excluding carboxylic acids is 2. The summed E-state index contributed by atoms with van der Waals surface area (Å²) >= 11 is 6.23. The van der Waals surface area contributed by atoms with Gasteiger partial charge in [0.15, 0.2) is 0 Å². The van der Waals surface area contributed by atoms with Crippen LogP contribution in [0.3, 0.4) is 0 Å². The first kappa shape index (κ1) is 18.5. The van der Waals surface area contributed by atoms with Gasteiger partial charge < -0.3 is 0 Å². The summed E-state index contributed by atoms with van der Waals surface area (Å²) in [6, 6.07) is 16.4. The Morgan fingerprint density at radius 3 is 2.33 bits per heavy atom. The Labute approximate surface area is 176 Å². The topological polar surface area (TPSA) is 50.3 Å². The highest BCUT2D eigenvalue weighted by Crippen LogP contribution is 2.40. The minimum absolute atomic E-state index is 0.148. The normalized spacial score (nSPS) is 13.2. The molecule has 30 heavy (non-hydrogen) atoms. The molecule has 0 radical (unpaired) electrons. The summed E-state index contributed by atoms with van der Waals surface area (Å²) < 4.78 is 13.5. The van der Waals surface area contributed by atoms with Gasteiger partial charge in [-0.25, -0.2) is 4.39 Å². The van der Waals surface area contributed by atoms with E-state index in [1.807, 2.05) is 6.07 Å². The molecule has 0 N–H and O–H groups in total. The molecule has 0 saturated carbocycles. The molecule has 0 fully saturated rings. The van der Waals surface area contributed by atoms with Crippen LogP contribution in [0.5, 0.6) is 0 Å². The Bertz CT molecular complexity index is 1320. The Morgan fingerprint density at radius 1 is 0.867 bits per heavy atom. The summed E-state index contributed by atoms with van der Waals surface area (Å²) in [5.74, 6) is -1.12. The molecule has 0 unspecified atom stereocenters. The number of rotatable bonds is 3. The molecule has 0 aliphatic carbocycles. The second kappa shape index (κ2) is 7.04. The van der Waals surface area contributed by atoms with E-state index in [-0.39, 0.29) is 24.2 Å². The lowest BCUT2D eigenvalue weighted by Gasteiger charge is -2.14. The predicted molar refractivity (Wildman–Crippen MR) is 113 cm³/mol. The first-order valence-corrected chi connectivity index (χ1v) is 9.68. The first-order valence-electron chi connectivity index (χ1n) is 9.30. The van der Waals surface area contributed by atoms with Crippen LogP contribution < -0.4 is 0 Å². The zero-order valence-corrected chi connectivity index (χ0v) is 16.4. The smallest absolute Gasteiger partial charge is 0.262 e. The molecule has 4 aromatic rings. The average Bonchev–Trinajstić information content (AvgIpc) is 2.98. The fraction of sp³-hybridized carbons (Fsp3) is 0.0417. The van der Waals surface area contributed by atoms with Gasteiger partial charge in [0.25, 0.3) is 11.8 Å². The van der Waals surface area contributed by atoms with Gasteiger partial charge in [-0.05, 0) is 64.4 Å². The van der Waals surface area contributed by atoms with Crippen molar-refractivity contribution in [3.63, 3.8) is 0 Å². The lowest BCUT2D eigenvalue weighted by molar-refractivity contribution is 0.0642. The fourth-order valence-electron chi connectivity index (χ4n) is 3.86. The van der Waals surface area contributed by atoms with Gasteiger partial charge in [0, 0.05) is 23.0 Å². The molecule has 2 heterocycles. The summed E-state index contributed by atoms with van der Waals surface area (Å²) in [6.07, 6.45) is 3.24. The van der Waals surface area contributed by atoms with Gasteiger partial charge >= 0.3 is 0 Å². The van der Waals surface area contributed by atoms with Crippen LogP contribution in [-0.2, 0) is 6.54 Å². The van der Waals surface area contributed by atoms with Gasteiger partial charge in [-0.2, -0.15) is 0 Å². The van der Waals surface area contributed by atoms with Crippen LogP contribution in [0, 0.1) is 5.82 Å². The van der Waals surface area contributed by atoms with E-state index in [0.717, 1.165) is 16.3 Å². The molecule has 0 spiro atoms. The van der Waals surface area contributed by atoms with Crippen LogP contribution in [0.4, 0.5) is 4.39 Å². The molecular formula is C24H14ClFN2O2. The lowest BCUT2D eigenvalue weighted by Crippen LogP contribution is -2.29. The summed E-state index contributed by atoms with van der Waals surface area (Å²) in [5.41, 5.74) is 2.68. The van der Waals surface area contributed by atoms with Crippen LogP contribution in [0.15, 0.2) is 73.1 Å². The van der Waals surface area contributed by atoms with Gasteiger partial charge in [0.05, 0.1) is 17.7 Å². The Balaban J connectivity index is 1.74. The number of nitrogens with zero attached hydrogens (tertiary/aromatic N) is 2. The van der Waals surface area contributed by atoms with Gasteiger partial charge in [-0.1, -0.05) is 29.8 Å². The zero-order chi connectivity index (χ0) is 20.8. The van der Waals surface area contributed by atoms with E-state index in [4.69, 9.17) is 11.6 Å². The van der Waals surface area contributed by atoms with E-state index >= 15 is 0 Å². The first-order chi connectivity index (χ1) is 14.5. The summed E-state index contributed by atoms with van der Waals surface area (Å²) in [5, 5.41) is 2.03. The Morgan fingerprint density at radius 2 is 1.60 bits per heavy atom. The standard InChI is InChI=1S/C24H14ClFN2O2/c25-17-4-1-16-11-20-22(21(19(16)12-17)15-2-5-18(26)6-3-15)24(30)28(23(20)29)13-14-7-9-27-10-8-14/h1-12H,13H2. The number of benzene rings is 3. The molecule has 0 bridgehead atoms. The number of halogens is 2. The third-order valence-electron chi connectivity index (χ3n) is 5.26. The minimum atomic E-state index is -0.381. The SMILES string of the molecule is O=C1c2cc3ccc(Cl)cc3c(-c3ccc(F)cc3)c2C(=O)N1Cc1ccncc1. The van der Waals surface area contributed by atoms with Crippen molar-refractivity contribution in [1.82, 2.24) is 9.88 Å². The van der Waals surface area contributed by atoms with E-state index in [0.29, 0.717) is 27.3 Å². The minimum Gasteiger partial charge on any atom is -0.270 e. The molecule has 6 heteroatoms. The largest absolute Gasteiger partial charge is 0.270 e. The maximum absolute atomic E-state index is 13.5. The van der Waals surface area contributed by atoms with E-state index in [9.17, 15) is 14.0 Å². The molecule has 1 aliphatic rings. The number of fused-ring (bicyclic) bond motifs is 2. The molecule has 5 rings (SSSR count). The number of carbonyl (C=O) groups is 2. The highest BCUT2D eigenvalue weighted by molar-refractivity contribution is 6.32. The number of imide groups is 1. The third kappa shape index (κ3) is 2.95. The number of aromatic nitrogens is 1. The van der Waals surface area contributed by atoms with Crippen molar-refractivity contribution in [1.29, 1.82) is 0 Å². The summed E-state index contributed by atoms with van der Waals surface area (Å²) in [6.45, 7) is 0.148. The van der Waals surface area contributed by atoms with E-state index in [2.05, 4.69) is 4.98 Å². The molecule has 0 saturated heterocycles. The monoisotopic (exact) mass is 416 g/mol. The third-order valence-corrected chi connectivity index (χ3v) is 5.50. The molecule has 146 valence electrons. The molecule has 4 nitrogen and oxygen atoms in total. The number of hydrogen-bond acceptors (Lipinski definition) is 3. The van der Waals surface area contributed by atoms with E-state index in [1.54, 1.807) is 54.9 Å². The Hall–Kier alpha value is -3.57. The molecular weight excluding hydrogens is 403 g/mol. The zero-order valence-electron chi connectivity index (χ0n) is 15.6. The van der Waals surface area contributed by atoms with Crippen LogP contribution in [0.1, 0.15) is 26.3 Å². The highest BCUT2D eigenvalue weighted by Gasteiger charge is 2.38. The van der Waals surface area contributed by atoms with Gasteiger partial charge in [-0.3, -0.25) is 19.5 Å². The maximum Gasteiger partial charge on any atom is 0.262 e. The second-order valence-electron chi connectivity index (χ2n) is 7.10. The summed E-state index contributed by atoms with van der Waals surface area (Å²) in [4.78, 5) is 31.7. The quantitative estimate of drug-likeness (QED) is 0.415. The predicted octanol–water partition coefficient (Wildman–Crippen LogP) is 5.49. The molecule has 0 atom stereocenters. The van der Waals surface area contributed by atoms with Crippen molar-refractivity contribution in [2.24, 2.45) is 0 Å². The fourth-order valence-corrected chi connectivity index (χ4v) is 4.03.